The maximum absolute atomic E-state index is 3.61. The van der Waals surface area contributed by atoms with Crippen LogP contribution in [0.25, 0.3) is 0 Å². The molecule has 0 spiro atoms. The fourth-order valence-corrected chi connectivity index (χ4v) is 3.77. The Kier molecular flexibility index (Phi) is 8.92. The van der Waals surface area contributed by atoms with Crippen molar-refractivity contribution < 1.29 is 0 Å². The summed E-state index contributed by atoms with van der Waals surface area (Å²) < 4.78 is 0. The Labute approximate surface area is 140 Å². The molecule has 1 rings (SSSR count). The zero-order chi connectivity index (χ0) is 16.4. The molecule has 0 aromatic carbocycles. The van der Waals surface area contributed by atoms with Crippen molar-refractivity contribution in [2.24, 2.45) is 23.2 Å². The minimum atomic E-state index is 0.356. The topological polar surface area (TPSA) is 0 Å². The van der Waals surface area contributed by atoms with Crippen molar-refractivity contribution in [1.82, 2.24) is 0 Å². The van der Waals surface area contributed by atoms with Crippen LogP contribution in [0.1, 0.15) is 92.4 Å². The normalized spacial score (nSPS) is 21.5. The quantitative estimate of drug-likeness (QED) is 0.244. The number of allylic oxidation sites excluding steroid dienone is 2. The molecule has 1 aliphatic rings. The Hall–Kier alpha value is -0.700. The van der Waals surface area contributed by atoms with Crippen molar-refractivity contribution in [1.29, 1.82) is 0 Å². The van der Waals surface area contributed by atoms with Crippen LogP contribution in [0.15, 0.2) is 12.2 Å². The molecule has 22 heavy (non-hydrogen) atoms. The third kappa shape index (κ3) is 5.49. The SMILES string of the molecule is CCCCC#CC(C)C(C)(CCC(CC)CC)C1C=CCC1. The maximum atomic E-state index is 3.61. The van der Waals surface area contributed by atoms with Crippen molar-refractivity contribution in [3.8, 4) is 11.8 Å². The van der Waals surface area contributed by atoms with Crippen LogP contribution >= 0.6 is 0 Å². The first kappa shape index (κ1) is 19.3. The van der Waals surface area contributed by atoms with E-state index in [-0.39, 0.29) is 0 Å². The molecule has 0 saturated heterocycles. The fourth-order valence-electron chi connectivity index (χ4n) is 3.77. The average molecular weight is 303 g/mol. The molecule has 3 unspecified atom stereocenters. The maximum Gasteiger partial charge on any atom is 0.0233 e. The van der Waals surface area contributed by atoms with Crippen LogP contribution in [0.3, 0.4) is 0 Å². The second kappa shape index (κ2) is 10.1. The Balaban J connectivity index is 2.76. The average Bonchev–Trinajstić information content (AvgIpc) is 3.07. The number of hydrogen-bond acceptors (Lipinski definition) is 0. The molecule has 3 atom stereocenters. The largest absolute Gasteiger partial charge is 0.103 e. The third-order valence-corrected chi connectivity index (χ3v) is 6.07. The number of hydrogen-bond donors (Lipinski definition) is 0. The highest BCUT2D eigenvalue weighted by atomic mass is 14.4. The fraction of sp³-hybridized carbons (Fsp3) is 0.818. The molecule has 0 aliphatic heterocycles. The molecular weight excluding hydrogens is 264 g/mol. The van der Waals surface area contributed by atoms with Gasteiger partial charge in [0.05, 0.1) is 0 Å². The molecule has 0 N–H and O–H groups in total. The minimum absolute atomic E-state index is 0.356. The summed E-state index contributed by atoms with van der Waals surface area (Å²) in [4.78, 5) is 0. The van der Waals surface area contributed by atoms with Crippen LogP contribution in [0, 0.1) is 35.0 Å². The van der Waals surface area contributed by atoms with Gasteiger partial charge in [-0.05, 0) is 49.4 Å². The van der Waals surface area contributed by atoms with Crippen LogP contribution in [0.4, 0.5) is 0 Å². The van der Waals surface area contributed by atoms with Gasteiger partial charge in [-0.1, -0.05) is 72.0 Å². The van der Waals surface area contributed by atoms with Gasteiger partial charge in [0.2, 0.25) is 0 Å². The summed E-state index contributed by atoms with van der Waals surface area (Å²) in [5.74, 6) is 9.20. The Morgan fingerprint density at radius 1 is 1.23 bits per heavy atom. The predicted molar refractivity (Wildman–Crippen MR) is 99.7 cm³/mol. The predicted octanol–water partition coefficient (Wildman–Crippen LogP) is 7.01. The highest BCUT2D eigenvalue weighted by Crippen LogP contribution is 2.46. The van der Waals surface area contributed by atoms with Gasteiger partial charge < -0.3 is 0 Å². The highest BCUT2D eigenvalue weighted by Gasteiger charge is 2.38. The van der Waals surface area contributed by atoms with Crippen molar-refractivity contribution in [2.45, 2.75) is 92.4 Å². The monoisotopic (exact) mass is 302 g/mol. The van der Waals surface area contributed by atoms with Crippen molar-refractivity contribution in [3.05, 3.63) is 12.2 Å². The first-order valence-corrected chi connectivity index (χ1v) is 9.73. The van der Waals surface area contributed by atoms with E-state index >= 15 is 0 Å². The van der Waals surface area contributed by atoms with Crippen LogP contribution in [0.2, 0.25) is 0 Å². The molecule has 0 nitrogen and oxygen atoms in total. The molecule has 0 saturated carbocycles. The van der Waals surface area contributed by atoms with E-state index in [1.807, 2.05) is 0 Å². The van der Waals surface area contributed by atoms with E-state index < -0.39 is 0 Å². The second-order valence-electron chi connectivity index (χ2n) is 7.49. The standard InChI is InChI=1S/C22H38/c1-6-9-10-11-14-19(4)22(5,21-15-12-13-16-21)18-17-20(7-2)8-3/h12,15,19-21H,6-10,13,16-18H2,1-5H3. The van der Waals surface area contributed by atoms with E-state index in [1.54, 1.807) is 0 Å². The molecular formula is C22H38. The lowest BCUT2D eigenvalue weighted by atomic mass is 9.65. The van der Waals surface area contributed by atoms with Gasteiger partial charge in [-0.2, -0.15) is 0 Å². The summed E-state index contributed by atoms with van der Waals surface area (Å²) in [6.45, 7) is 11.8. The van der Waals surface area contributed by atoms with Crippen LogP contribution in [0.5, 0.6) is 0 Å². The van der Waals surface area contributed by atoms with Gasteiger partial charge in [0.25, 0.3) is 0 Å². The van der Waals surface area contributed by atoms with Gasteiger partial charge in [-0.15, -0.1) is 5.92 Å². The zero-order valence-corrected chi connectivity index (χ0v) is 15.8. The Morgan fingerprint density at radius 2 is 1.95 bits per heavy atom. The lowest BCUT2D eigenvalue weighted by Gasteiger charge is -2.39. The molecule has 0 aromatic heterocycles. The molecule has 126 valence electrons. The minimum Gasteiger partial charge on any atom is -0.103 e. The lowest BCUT2D eigenvalue weighted by molar-refractivity contribution is 0.137. The van der Waals surface area contributed by atoms with Crippen LogP contribution in [-0.2, 0) is 0 Å². The molecule has 0 bridgehead atoms. The Bertz CT molecular complexity index is 377. The zero-order valence-electron chi connectivity index (χ0n) is 15.8. The summed E-state index contributed by atoms with van der Waals surface area (Å²) in [5, 5.41) is 0. The number of unbranched alkanes of at least 4 members (excludes halogenated alkanes) is 2. The summed E-state index contributed by atoms with van der Waals surface area (Å²) in [6.07, 6.45) is 16.4. The third-order valence-electron chi connectivity index (χ3n) is 6.07. The van der Waals surface area contributed by atoms with Crippen molar-refractivity contribution in [3.63, 3.8) is 0 Å². The van der Waals surface area contributed by atoms with E-state index in [4.69, 9.17) is 0 Å². The molecule has 0 fully saturated rings. The lowest BCUT2D eigenvalue weighted by Crippen LogP contribution is -2.32. The van der Waals surface area contributed by atoms with Crippen LogP contribution in [-0.4, -0.2) is 0 Å². The van der Waals surface area contributed by atoms with Crippen molar-refractivity contribution >= 4 is 0 Å². The highest BCUT2D eigenvalue weighted by molar-refractivity contribution is 5.13. The summed E-state index contributed by atoms with van der Waals surface area (Å²) in [6, 6.07) is 0. The van der Waals surface area contributed by atoms with Gasteiger partial charge in [0.15, 0.2) is 0 Å². The van der Waals surface area contributed by atoms with Crippen molar-refractivity contribution in [2.75, 3.05) is 0 Å². The van der Waals surface area contributed by atoms with Gasteiger partial charge in [0, 0.05) is 12.3 Å². The summed E-state index contributed by atoms with van der Waals surface area (Å²) in [5.41, 5.74) is 0.356. The summed E-state index contributed by atoms with van der Waals surface area (Å²) in [7, 11) is 0. The molecule has 0 heteroatoms. The van der Waals surface area contributed by atoms with E-state index in [2.05, 4.69) is 58.6 Å². The molecule has 0 radical (unpaired) electrons. The molecule has 0 aromatic rings. The van der Waals surface area contributed by atoms with E-state index in [0.29, 0.717) is 11.3 Å². The first-order chi connectivity index (χ1) is 10.6. The van der Waals surface area contributed by atoms with Gasteiger partial charge in [-0.3, -0.25) is 0 Å². The van der Waals surface area contributed by atoms with Crippen LogP contribution < -0.4 is 0 Å². The number of rotatable bonds is 9. The smallest absolute Gasteiger partial charge is 0.0233 e. The van der Waals surface area contributed by atoms with E-state index in [1.165, 1.54) is 51.4 Å². The van der Waals surface area contributed by atoms with Gasteiger partial charge in [0.1, 0.15) is 0 Å². The van der Waals surface area contributed by atoms with Gasteiger partial charge >= 0.3 is 0 Å². The first-order valence-electron chi connectivity index (χ1n) is 9.73. The molecule has 0 heterocycles. The summed E-state index contributed by atoms with van der Waals surface area (Å²) >= 11 is 0. The molecule has 0 amide bonds. The van der Waals surface area contributed by atoms with Gasteiger partial charge in [-0.25, -0.2) is 0 Å². The molecule has 1 aliphatic carbocycles. The van der Waals surface area contributed by atoms with E-state index in [0.717, 1.165) is 18.3 Å². The van der Waals surface area contributed by atoms with E-state index in [9.17, 15) is 0 Å². The Morgan fingerprint density at radius 3 is 2.50 bits per heavy atom. The second-order valence-corrected chi connectivity index (χ2v) is 7.49.